The SMILES string of the molecule is COc1cc(O)c2c(O)c3c(c4c2c1[C@]1(C4)C(C)=CCCC1(C)C)C(=O)[C@H]1[C@H](N)C(O)=C(C(N)=O)C(=O)[C@@]1(O)C3=O. The van der Waals surface area contributed by atoms with Crippen LogP contribution in [0, 0.1) is 11.3 Å². The van der Waals surface area contributed by atoms with Gasteiger partial charge in [0.25, 0.3) is 5.91 Å². The second kappa shape index (κ2) is 7.95. The number of methoxy groups -OCH3 is 1. The Morgan fingerprint density at radius 3 is 2.32 bits per heavy atom. The van der Waals surface area contributed by atoms with Gasteiger partial charge in [-0.25, -0.2) is 0 Å². The highest BCUT2D eigenvalue weighted by molar-refractivity contribution is 6.38. The Labute approximate surface area is 234 Å². The molecule has 0 saturated carbocycles. The fourth-order valence-electron chi connectivity index (χ4n) is 8.01. The predicted octanol–water partition coefficient (Wildman–Crippen LogP) is 1.75. The molecule has 0 aliphatic heterocycles. The van der Waals surface area contributed by atoms with Gasteiger partial charge in [0.1, 0.15) is 28.6 Å². The average Bonchev–Trinajstić information content (AvgIpc) is 3.25. The highest BCUT2D eigenvalue weighted by Gasteiger charge is 2.67. The number of phenolic OH excluding ortho intramolecular Hbond substituents is 2. The van der Waals surface area contributed by atoms with Crippen LogP contribution < -0.4 is 16.2 Å². The molecule has 0 fully saturated rings. The summed E-state index contributed by atoms with van der Waals surface area (Å²) >= 11 is 0. The van der Waals surface area contributed by atoms with Crippen molar-refractivity contribution in [1.29, 1.82) is 0 Å². The zero-order chi connectivity index (χ0) is 30.1. The summed E-state index contributed by atoms with van der Waals surface area (Å²) in [6, 6.07) is -0.491. The number of carbonyl (C=O) groups is 4. The number of aromatic hydroxyl groups is 2. The summed E-state index contributed by atoms with van der Waals surface area (Å²) in [7, 11) is 1.45. The quantitative estimate of drug-likeness (QED) is 0.177. The molecule has 2 aromatic rings. The lowest BCUT2D eigenvalue weighted by molar-refractivity contribution is -0.136. The van der Waals surface area contributed by atoms with Gasteiger partial charge in [0.15, 0.2) is 5.78 Å². The summed E-state index contributed by atoms with van der Waals surface area (Å²) in [6.07, 6.45) is 3.85. The number of nitrogens with two attached hydrogens (primary N) is 2. The highest BCUT2D eigenvalue weighted by atomic mass is 16.5. The molecule has 11 heteroatoms. The van der Waals surface area contributed by atoms with Crippen LogP contribution in [0.2, 0.25) is 0 Å². The largest absolute Gasteiger partial charge is 0.510 e. The molecule has 0 saturated heterocycles. The molecule has 4 aliphatic carbocycles. The molecule has 11 nitrogen and oxygen atoms in total. The van der Waals surface area contributed by atoms with Gasteiger partial charge in [-0.05, 0) is 37.2 Å². The van der Waals surface area contributed by atoms with Gasteiger partial charge in [-0.15, -0.1) is 0 Å². The first-order chi connectivity index (χ1) is 19.1. The molecule has 1 amide bonds. The third-order valence-electron chi connectivity index (χ3n) is 10.0. The van der Waals surface area contributed by atoms with Crippen LogP contribution in [-0.4, -0.2) is 62.4 Å². The number of aliphatic hydroxyl groups is 2. The fraction of sp³-hybridized carbons (Fsp3) is 0.400. The molecule has 41 heavy (non-hydrogen) atoms. The van der Waals surface area contributed by atoms with Gasteiger partial charge in [0.05, 0.1) is 30.0 Å². The van der Waals surface area contributed by atoms with Crippen LogP contribution >= 0.6 is 0 Å². The minimum Gasteiger partial charge on any atom is -0.510 e. The number of phenols is 2. The van der Waals surface area contributed by atoms with Crippen molar-refractivity contribution in [2.24, 2.45) is 22.8 Å². The van der Waals surface area contributed by atoms with Gasteiger partial charge in [-0.3, -0.25) is 19.2 Å². The van der Waals surface area contributed by atoms with Crippen molar-refractivity contribution in [1.82, 2.24) is 0 Å². The van der Waals surface area contributed by atoms with Gasteiger partial charge >= 0.3 is 0 Å². The second-order valence-corrected chi connectivity index (χ2v) is 12.1. The molecule has 0 aromatic heterocycles. The number of ketones is 3. The number of allylic oxidation sites excluding steroid dienone is 2. The number of primary amides is 1. The number of aliphatic hydroxyl groups excluding tert-OH is 1. The molecule has 0 radical (unpaired) electrons. The molecule has 0 unspecified atom stereocenters. The summed E-state index contributed by atoms with van der Waals surface area (Å²) in [5, 5.41) is 45.1. The number of hydrogen-bond donors (Lipinski definition) is 6. The Bertz CT molecular complexity index is 1750. The molecular formula is C30H30N2O9. The van der Waals surface area contributed by atoms with Gasteiger partial charge in [0.2, 0.25) is 17.2 Å². The predicted molar refractivity (Wildman–Crippen MR) is 145 cm³/mol. The number of ether oxygens (including phenoxy) is 1. The Morgan fingerprint density at radius 2 is 1.73 bits per heavy atom. The Morgan fingerprint density at radius 1 is 1.07 bits per heavy atom. The molecule has 214 valence electrons. The minimum atomic E-state index is -3.22. The van der Waals surface area contributed by atoms with E-state index in [9.17, 15) is 39.6 Å². The topological polar surface area (TPSA) is 210 Å². The number of carbonyl (C=O) groups excluding carboxylic acids is 4. The molecule has 2 aromatic carbocycles. The van der Waals surface area contributed by atoms with Gasteiger partial charge in [-0.2, -0.15) is 0 Å². The summed E-state index contributed by atoms with van der Waals surface area (Å²) in [4.78, 5) is 53.8. The van der Waals surface area contributed by atoms with E-state index in [1.807, 2.05) is 6.92 Å². The standard InChI is InChI=1S/C30H30N2O9/c1-10-6-5-7-28(2,3)29(10)9-11-14-16(12(33)8-13(41-4)19(14)29)22(34)17-15(11)23(35)20-21(31)24(36)18(27(32)39)26(38)30(20,40)25(17)37/h6,8,20-21,33-34,36,40H,5,7,9,31H2,1-4H3,(H2,32,39)/t20-,21+,29+,30+/m1/s1. The number of benzene rings is 2. The third kappa shape index (κ3) is 2.80. The average molecular weight is 563 g/mol. The molecule has 8 N–H and O–H groups in total. The smallest absolute Gasteiger partial charge is 0.255 e. The molecule has 0 heterocycles. The van der Waals surface area contributed by atoms with E-state index in [0.717, 1.165) is 18.4 Å². The van der Waals surface area contributed by atoms with Crippen LogP contribution in [-0.2, 0) is 21.4 Å². The number of amides is 1. The van der Waals surface area contributed by atoms with Crippen LogP contribution in [0.5, 0.6) is 17.2 Å². The van der Waals surface area contributed by atoms with Crippen LogP contribution in [0.1, 0.15) is 65.5 Å². The summed E-state index contributed by atoms with van der Waals surface area (Å²) in [6.45, 7) is 6.12. The Kier molecular flexibility index (Phi) is 5.23. The van der Waals surface area contributed by atoms with Crippen molar-refractivity contribution in [3.63, 3.8) is 0 Å². The number of rotatable bonds is 2. The lowest BCUT2D eigenvalue weighted by Crippen LogP contribution is -2.67. The van der Waals surface area contributed by atoms with E-state index in [1.165, 1.54) is 13.2 Å². The lowest BCUT2D eigenvalue weighted by Gasteiger charge is -2.49. The first-order valence-corrected chi connectivity index (χ1v) is 13.2. The number of Topliss-reactive ketones (excluding diaryl/α,β-unsaturated/α-hetero) is 3. The first-order valence-electron chi connectivity index (χ1n) is 13.2. The van der Waals surface area contributed by atoms with E-state index in [0.29, 0.717) is 22.3 Å². The highest BCUT2D eigenvalue weighted by Crippen LogP contribution is 2.65. The lowest BCUT2D eigenvalue weighted by atomic mass is 9.54. The Hall–Kier alpha value is -4.22. The van der Waals surface area contributed by atoms with Crippen molar-refractivity contribution in [3.8, 4) is 17.2 Å². The third-order valence-corrected chi connectivity index (χ3v) is 10.0. The summed E-state index contributed by atoms with van der Waals surface area (Å²) < 4.78 is 5.73. The Balaban J connectivity index is 1.77. The number of fused-ring (bicyclic) bond motifs is 4. The second-order valence-electron chi connectivity index (χ2n) is 12.1. The van der Waals surface area contributed by atoms with Crippen LogP contribution in [0.3, 0.4) is 0 Å². The van der Waals surface area contributed by atoms with E-state index in [2.05, 4.69) is 19.9 Å². The molecule has 4 aliphatic rings. The monoisotopic (exact) mass is 562 g/mol. The maximum Gasteiger partial charge on any atom is 0.255 e. The first kappa shape index (κ1) is 27.0. The van der Waals surface area contributed by atoms with E-state index in [4.69, 9.17) is 16.2 Å². The van der Waals surface area contributed by atoms with E-state index < -0.39 is 80.0 Å². The molecule has 0 bridgehead atoms. The molecule has 6 rings (SSSR count). The van der Waals surface area contributed by atoms with Crippen molar-refractivity contribution in [2.75, 3.05) is 7.11 Å². The zero-order valence-corrected chi connectivity index (χ0v) is 22.9. The van der Waals surface area contributed by atoms with E-state index >= 15 is 0 Å². The molecule has 1 spiro atoms. The minimum absolute atomic E-state index is 0.134. The maximum absolute atomic E-state index is 14.3. The van der Waals surface area contributed by atoms with Gasteiger partial charge in [-0.1, -0.05) is 25.5 Å². The fourth-order valence-corrected chi connectivity index (χ4v) is 8.01. The summed E-state index contributed by atoms with van der Waals surface area (Å²) in [5.74, 6) is -9.30. The van der Waals surface area contributed by atoms with Crippen molar-refractivity contribution in [3.05, 3.63) is 51.3 Å². The maximum atomic E-state index is 14.3. The van der Waals surface area contributed by atoms with Crippen LogP contribution in [0.4, 0.5) is 0 Å². The van der Waals surface area contributed by atoms with E-state index in [-0.39, 0.29) is 17.4 Å². The van der Waals surface area contributed by atoms with Crippen molar-refractivity contribution >= 4 is 34.0 Å². The van der Waals surface area contributed by atoms with Crippen LogP contribution in [0.15, 0.2) is 29.0 Å². The molecule has 4 atom stereocenters. The zero-order valence-electron chi connectivity index (χ0n) is 22.9. The van der Waals surface area contributed by atoms with Gasteiger partial charge < -0.3 is 36.6 Å². The van der Waals surface area contributed by atoms with Crippen molar-refractivity contribution in [2.45, 2.75) is 57.1 Å². The van der Waals surface area contributed by atoms with Crippen LogP contribution in [0.25, 0.3) is 10.8 Å². The van der Waals surface area contributed by atoms with Gasteiger partial charge in [0, 0.05) is 28.0 Å². The van der Waals surface area contributed by atoms with E-state index in [1.54, 1.807) is 0 Å². The number of hydrogen-bond acceptors (Lipinski definition) is 10. The van der Waals surface area contributed by atoms with Crippen molar-refractivity contribution < 1.29 is 44.3 Å². The normalized spacial score (nSPS) is 30.0. The summed E-state index contributed by atoms with van der Waals surface area (Å²) in [5.41, 5.74) is 6.88. The molecular weight excluding hydrogens is 532 g/mol.